The van der Waals surface area contributed by atoms with Gasteiger partial charge in [-0.15, -0.1) is 17.9 Å². The fourth-order valence-electron chi connectivity index (χ4n) is 2.60. The van der Waals surface area contributed by atoms with Crippen molar-refractivity contribution >= 4 is 30.5 Å². The zero-order valence-corrected chi connectivity index (χ0v) is 13.0. The van der Waals surface area contributed by atoms with Crippen LogP contribution < -0.4 is 5.48 Å². The van der Waals surface area contributed by atoms with E-state index in [0.29, 0.717) is 14.0 Å². The molecule has 112 valence electrons. The third-order valence-corrected chi connectivity index (χ3v) is 4.24. The highest BCUT2D eigenvalue weighted by molar-refractivity contribution is 7.10. The zero-order chi connectivity index (χ0) is 15.1. The van der Waals surface area contributed by atoms with Gasteiger partial charge in [0.25, 0.3) is 7.41 Å². The SMILES string of the molecule is C=CCON[C@@H]1C=C(c2nccs2)[C@@H](CC)N(BC=O)C1. The summed E-state index contributed by atoms with van der Waals surface area (Å²) in [5.74, 6) is 0. The van der Waals surface area contributed by atoms with E-state index in [1.807, 2.05) is 11.6 Å². The normalized spacial score (nSPS) is 22.6. The second-order valence-electron chi connectivity index (χ2n) is 4.83. The summed E-state index contributed by atoms with van der Waals surface area (Å²) >= 11 is 1.62. The van der Waals surface area contributed by atoms with E-state index in [0.717, 1.165) is 24.2 Å². The Morgan fingerprint density at radius 1 is 1.71 bits per heavy atom. The monoisotopic (exact) mass is 305 g/mol. The number of carbonyl (C=O) groups is 1. The van der Waals surface area contributed by atoms with E-state index in [1.165, 1.54) is 5.57 Å². The lowest BCUT2D eigenvalue weighted by atomic mass is 9.84. The first-order valence-electron chi connectivity index (χ1n) is 7.07. The highest BCUT2D eigenvalue weighted by atomic mass is 32.1. The number of nitrogens with one attached hydrogen (secondary N) is 1. The van der Waals surface area contributed by atoms with Crippen LogP contribution in [0, 0.1) is 0 Å². The summed E-state index contributed by atoms with van der Waals surface area (Å²) < 4.78 is 0. The minimum Gasteiger partial charge on any atom is -0.330 e. The first-order chi connectivity index (χ1) is 10.3. The van der Waals surface area contributed by atoms with Crippen LogP contribution in [0.25, 0.3) is 5.57 Å². The summed E-state index contributed by atoms with van der Waals surface area (Å²) in [6.07, 6.45) is 7.56. The second-order valence-corrected chi connectivity index (χ2v) is 5.72. The lowest BCUT2D eigenvalue weighted by Gasteiger charge is -2.37. The van der Waals surface area contributed by atoms with Gasteiger partial charge >= 0.3 is 0 Å². The number of hydrogen-bond acceptors (Lipinski definition) is 6. The minimum atomic E-state index is 0.0339. The maximum atomic E-state index is 11.0. The zero-order valence-electron chi connectivity index (χ0n) is 12.2. The van der Waals surface area contributed by atoms with Gasteiger partial charge < -0.3 is 9.61 Å². The van der Waals surface area contributed by atoms with Crippen LogP contribution in [0.5, 0.6) is 0 Å². The van der Waals surface area contributed by atoms with Gasteiger partial charge in [0, 0.05) is 29.7 Å². The standard InChI is InChI=1S/C14H20BN3O2S/c1-3-6-20-17-11-8-12(14-16-5-7-21-14)13(4-2)18(9-11)15-10-19/h3,5,7-8,10-11,13,15,17H,1,4,6,9H2,2H3/t11-,13-/m1/s1. The quantitative estimate of drug-likeness (QED) is 0.257. The number of aromatic nitrogens is 1. The Bertz CT molecular complexity index is 492. The molecular weight excluding hydrogens is 285 g/mol. The molecule has 1 N–H and O–H groups in total. The number of thiazole rings is 1. The molecule has 5 nitrogen and oxygen atoms in total. The molecule has 0 saturated carbocycles. The van der Waals surface area contributed by atoms with Crippen molar-refractivity contribution in [3.63, 3.8) is 0 Å². The summed E-state index contributed by atoms with van der Waals surface area (Å²) in [6.45, 7) is 6.94. The molecule has 1 aliphatic heterocycles. The van der Waals surface area contributed by atoms with E-state index in [9.17, 15) is 4.79 Å². The average Bonchev–Trinajstić information content (AvgIpc) is 3.01. The maximum absolute atomic E-state index is 11.0. The molecule has 0 saturated heterocycles. The van der Waals surface area contributed by atoms with Gasteiger partial charge in [-0.2, -0.15) is 5.48 Å². The van der Waals surface area contributed by atoms with Crippen LogP contribution >= 0.6 is 11.3 Å². The van der Waals surface area contributed by atoms with E-state index in [-0.39, 0.29) is 12.1 Å². The van der Waals surface area contributed by atoms with Gasteiger partial charge in [0.1, 0.15) is 5.01 Å². The molecule has 21 heavy (non-hydrogen) atoms. The Balaban J connectivity index is 2.21. The number of hydrogen-bond donors (Lipinski definition) is 1. The molecule has 1 aromatic rings. The van der Waals surface area contributed by atoms with Crippen LogP contribution in [0.1, 0.15) is 18.4 Å². The predicted molar refractivity (Wildman–Crippen MR) is 87.8 cm³/mol. The fourth-order valence-corrected chi connectivity index (χ4v) is 3.31. The Kier molecular flexibility index (Phi) is 6.32. The van der Waals surface area contributed by atoms with Crippen LogP contribution in [0.15, 0.2) is 30.3 Å². The van der Waals surface area contributed by atoms with Gasteiger partial charge in [0.05, 0.1) is 18.8 Å². The van der Waals surface area contributed by atoms with E-state index >= 15 is 0 Å². The third-order valence-electron chi connectivity index (χ3n) is 3.42. The molecule has 2 atom stereocenters. The van der Waals surface area contributed by atoms with Crippen molar-refractivity contribution in [3.05, 3.63) is 35.3 Å². The van der Waals surface area contributed by atoms with Crippen LogP contribution in [0.3, 0.4) is 0 Å². The van der Waals surface area contributed by atoms with Crippen LogP contribution in [-0.4, -0.2) is 48.6 Å². The lowest BCUT2D eigenvalue weighted by molar-refractivity contribution is 0.0393. The van der Waals surface area contributed by atoms with Gasteiger partial charge in [0.15, 0.2) is 0 Å². The van der Waals surface area contributed by atoms with Crippen molar-refractivity contribution in [2.24, 2.45) is 0 Å². The van der Waals surface area contributed by atoms with Crippen LogP contribution in [0.4, 0.5) is 0 Å². The van der Waals surface area contributed by atoms with Gasteiger partial charge in [-0.1, -0.05) is 19.1 Å². The lowest BCUT2D eigenvalue weighted by Crippen LogP contribution is -2.50. The Labute approximate surface area is 129 Å². The van der Waals surface area contributed by atoms with Crippen molar-refractivity contribution in [1.29, 1.82) is 0 Å². The van der Waals surface area contributed by atoms with Crippen molar-refractivity contribution in [1.82, 2.24) is 15.3 Å². The first-order valence-corrected chi connectivity index (χ1v) is 7.95. The van der Waals surface area contributed by atoms with E-state index in [2.05, 4.69) is 34.9 Å². The summed E-state index contributed by atoms with van der Waals surface area (Å²) in [4.78, 5) is 22.9. The Morgan fingerprint density at radius 2 is 2.57 bits per heavy atom. The molecule has 0 unspecified atom stereocenters. The molecule has 2 heterocycles. The van der Waals surface area contributed by atoms with Crippen LogP contribution in [-0.2, 0) is 9.63 Å². The van der Waals surface area contributed by atoms with E-state index in [4.69, 9.17) is 4.84 Å². The molecule has 0 aromatic carbocycles. The summed E-state index contributed by atoms with van der Waals surface area (Å²) in [5, 5.41) is 2.98. The molecule has 0 radical (unpaired) electrons. The maximum Gasteiger partial charge on any atom is 0.281 e. The Morgan fingerprint density at radius 3 is 3.19 bits per heavy atom. The molecule has 7 heteroatoms. The predicted octanol–water partition coefficient (Wildman–Crippen LogP) is 1.24. The van der Waals surface area contributed by atoms with Crippen molar-refractivity contribution in [2.45, 2.75) is 25.4 Å². The molecule has 1 aliphatic rings. The summed E-state index contributed by atoms with van der Waals surface area (Å²) in [6, 6.07) is 0.255. The summed E-state index contributed by atoms with van der Waals surface area (Å²) in [5.41, 5.74) is 4.19. The highest BCUT2D eigenvalue weighted by Gasteiger charge is 2.30. The average molecular weight is 305 g/mol. The number of hydroxylamine groups is 1. The minimum absolute atomic E-state index is 0.0339. The van der Waals surface area contributed by atoms with Crippen LogP contribution in [0.2, 0.25) is 0 Å². The molecule has 2 rings (SSSR count). The Hall–Kier alpha value is -1.28. The van der Waals surface area contributed by atoms with Crippen molar-refractivity contribution < 1.29 is 9.63 Å². The topological polar surface area (TPSA) is 54.5 Å². The van der Waals surface area contributed by atoms with Gasteiger partial charge in [-0.25, -0.2) is 4.98 Å². The molecular formula is C14H20BN3O2S. The second kappa shape index (κ2) is 8.24. The molecule has 0 aliphatic carbocycles. The van der Waals surface area contributed by atoms with E-state index < -0.39 is 0 Å². The third kappa shape index (κ3) is 4.10. The molecule has 0 amide bonds. The molecule has 0 fully saturated rings. The summed E-state index contributed by atoms with van der Waals surface area (Å²) in [7, 11) is 0.418. The van der Waals surface area contributed by atoms with Gasteiger partial charge in [0.2, 0.25) is 0 Å². The van der Waals surface area contributed by atoms with Gasteiger partial charge in [-0.05, 0) is 6.42 Å². The first kappa shape index (κ1) is 16.1. The molecule has 0 bridgehead atoms. The fraction of sp³-hybridized carbons (Fsp3) is 0.429. The van der Waals surface area contributed by atoms with Crippen molar-refractivity contribution in [3.8, 4) is 0 Å². The number of nitrogens with zero attached hydrogens (tertiary/aromatic N) is 2. The highest BCUT2D eigenvalue weighted by Crippen LogP contribution is 2.29. The van der Waals surface area contributed by atoms with Crippen molar-refractivity contribution in [2.75, 3.05) is 13.2 Å². The number of rotatable bonds is 8. The van der Waals surface area contributed by atoms with E-state index in [1.54, 1.807) is 17.4 Å². The molecule has 1 aromatic heterocycles. The molecule has 0 spiro atoms. The smallest absolute Gasteiger partial charge is 0.281 e. The largest absolute Gasteiger partial charge is 0.330 e. The number of carbonyl (C=O) groups excluding carboxylic acids is 1. The van der Waals surface area contributed by atoms with Gasteiger partial charge in [-0.3, -0.25) is 4.84 Å².